The number of unbranched alkanes of at least 4 members (excludes halogenated alkanes) is 6. The Hall–Kier alpha value is -2.00. The van der Waals surface area contributed by atoms with Crippen LogP contribution < -0.4 is 0 Å². The third-order valence-electron chi connectivity index (χ3n) is 4.59. The number of benzene rings is 2. The first kappa shape index (κ1) is 20.3. The number of halogens is 1. The Labute approximate surface area is 161 Å². The van der Waals surface area contributed by atoms with Gasteiger partial charge in [0.15, 0.2) is 0 Å². The van der Waals surface area contributed by atoms with E-state index in [1.165, 1.54) is 38.5 Å². The van der Waals surface area contributed by atoms with Crippen molar-refractivity contribution >= 4 is 17.3 Å². The summed E-state index contributed by atoms with van der Waals surface area (Å²) in [6, 6.07) is 13.0. The van der Waals surface area contributed by atoms with Gasteiger partial charge in [0.1, 0.15) is 11.5 Å². The summed E-state index contributed by atoms with van der Waals surface area (Å²) in [5.74, 6) is -0.0494. The molecule has 0 bridgehead atoms. The molecular weight excluding hydrogens is 346 g/mol. The maximum atomic E-state index is 10.4. The average molecular weight is 374 g/mol. The van der Waals surface area contributed by atoms with Gasteiger partial charge in [-0.05, 0) is 30.5 Å². The van der Waals surface area contributed by atoms with Crippen molar-refractivity contribution in [3.05, 3.63) is 64.2 Å². The maximum absolute atomic E-state index is 10.4. The number of nitrogens with zero attached hydrogens (tertiary/aromatic N) is 1. The van der Waals surface area contributed by atoms with Crippen molar-refractivity contribution in [1.82, 2.24) is 0 Å². The van der Waals surface area contributed by atoms with Gasteiger partial charge in [-0.3, -0.25) is 0 Å². The second-order valence-electron chi connectivity index (χ2n) is 6.66. The minimum Gasteiger partial charge on any atom is -0.506 e. The smallest absolute Gasteiger partial charge is 0.143 e. The lowest BCUT2D eigenvalue weighted by molar-refractivity contribution is 0.319. The highest BCUT2D eigenvalue weighted by atomic mass is 35.5. The van der Waals surface area contributed by atoms with Gasteiger partial charge in [0.05, 0.1) is 5.02 Å². The molecule has 0 spiro atoms. The standard InChI is InChI=1S/C22H28ClNO2/c1-2-3-4-5-6-7-9-12-17-15-19(22(25)20(23)16-17)21(24-26)18-13-10-8-11-14-18/h8,10-11,13-16,25-26H,2-7,9,12H2,1H3. The second kappa shape index (κ2) is 10.9. The number of aromatic hydroxyl groups is 1. The zero-order valence-corrected chi connectivity index (χ0v) is 16.2. The lowest BCUT2D eigenvalue weighted by Gasteiger charge is -2.12. The first-order valence-electron chi connectivity index (χ1n) is 9.46. The van der Waals surface area contributed by atoms with Crippen LogP contribution in [0.15, 0.2) is 47.6 Å². The Morgan fingerprint density at radius 2 is 1.62 bits per heavy atom. The summed E-state index contributed by atoms with van der Waals surface area (Å²) in [6.45, 7) is 2.23. The van der Waals surface area contributed by atoms with Crippen molar-refractivity contribution < 1.29 is 10.3 Å². The van der Waals surface area contributed by atoms with Crippen LogP contribution in [0.2, 0.25) is 5.02 Å². The molecule has 0 aliphatic rings. The van der Waals surface area contributed by atoms with Gasteiger partial charge in [-0.25, -0.2) is 0 Å². The number of hydrogen-bond donors (Lipinski definition) is 2. The molecule has 0 aliphatic heterocycles. The molecular formula is C22H28ClNO2. The van der Waals surface area contributed by atoms with E-state index in [0.717, 1.165) is 24.0 Å². The molecule has 0 radical (unpaired) electrons. The van der Waals surface area contributed by atoms with E-state index < -0.39 is 0 Å². The summed E-state index contributed by atoms with van der Waals surface area (Å²) in [5.41, 5.74) is 2.57. The summed E-state index contributed by atoms with van der Waals surface area (Å²) in [7, 11) is 0. The molecule has 0 amide bonds. The Morgan fingerprint density at radius 3 is 2.27 bits per heavy atom. The highest BCUT2D eigenvalue weighted by molar-refractivity contribution is 6.33. The van der Waals surface area contributed by atoms with Crippen LogP contribution in [0.25, 0.3) is 0 Å². The first-order valence-corrected chi connectivity index (χ1v) is 9.84. The predicted molar refractivity (Wildman–Crippen MR) is 109 cm³/mol. The largest absolute Gasteiger partial charge is 0.506 e. The van der Waals surface area contributed by atoms with Gasteiger partial charge < -0.3 is 10.3 Å². The second-order valence-corrected chi connectivity index (χ2v) is 7.07. The fourth-order valence-electron chi connectivity index (χ4n) is 3.13. The number of phenolic OH excluding ortho intramolecular Hbond substituents is 1. The van der Waals surface area contributed by atoms with Gasteiger partial charge in [0, 0.05) is 11.1 Å². The summed E-state index contributed by atoms with van der Waals surface area (Å²) >= 11 is 6.22. The van der Waals surface area contributed by atoms with Crippen LogP contribution in [0.4, 0.5) is 0 Å². The molecule has 2 N–H and O–H groups in total. The molecule has 0 atom stereocenters. The van der Waals surface area contributed by atoms with Crippen molar-refractivity contribution in [3.8, 4) is 5.75 Å². The SMILES string of the molecule is CCCCCCCCCc1cc(Cl)c(O)c(C(=NO)c2ccccc2)c1. The van der Waals surface area contributed by atoms with Crippen LogP contribution >= 0.6 is 11.6 Å². The normalized spacial score (nSPS) is 11.7. The maximum Gasteiger partial charge on any atom is 0.143 e. The first-order chi connectivity index (χ1) is 12.7. The number of phenols is 1. The highest BCUT2D eigenvalue weighted by Gasteiger charge is 2.16. The van der Waals surface area contributed by atoms with E-state index in [9.17, 15) is 10.3 Å². The van der Waals surface area contributed by atoms with Crippen LogP contribution in [0, 0.1) is 0 Å². The topological polar surface area (TPSA) is 52.8 Å². The van der Waals surface area contributed by atoms with Gasteiger partial charge in [-0.2, -0.15) is 0 Å². The highest BCUT2D eigenvalue weighted by Crippen LogP contribution is 2.32. The Bertz CT molecular complexity index is 714. The van der Waals surface area contributed by atoms with E-state index in [4.69, 9.17) is 11.6 Å². The van der Waals surface area contributed by atoms with E-state index in [2.05, 4.69) is 12.1 Å². The molecule has 0 fully saturated rings. The van der Waals surface area contributed by atoms with Gasteiger partial charge in [-0.1, -0.05) is 92.5 Å². The van der Waals surface area contributed by atoms with Crippen LogP contribution in [0.1, 0.15) is 68.6 Å². The van der Waals surface area contributed by atoms with Crippen LogP contribution in [-0.2, 0) is 6.42 Å². The van der Waals surface area contributed by atoms with Crippen molar-refractivity contribution in [2.75, 3.05) is 0 Å². The predicted octanol–water partition coefficient (Wildman–Crippen LogP) is 6.57. The molecule has 0 unspecified atom stereocenters. The molecule has 140 valence electrons. The quantitative estimate of drug-likeness (QED) is 0.214. The Balaban J connectivity index is 2.06. The van der Waals surface area contributed by atoms with Gasteiger partial charge in [0.2, 0.25) is 0 Å². The fraction of sp³-hybridized carbons (Fsp3) is 0.409. The third kappa shape index (κ3) is 5.77. The van der Waals surface area contributed by atoms with Crippen LogP contribution in [0.3, 0.4) is 0 Å². The zero-order chi connectivity index (χ0) is 18.8. The molecule has 2 rings (SSSR count). The minimum atomic E-state index is -0.0494. The van der Waals surface area contributed by atoms with Gasteiger partial charge >= 0.3 is 0 Å². The van der Waals surface area contributed by atoms with Crippen molar-refractivity contribution in [2.24, 2.45) is 5.16 Å². The molecule has 3 nitrogen and oxygen atoms in total. The summed E-state index contributed by atoms with van der Waals surface area (Å²) in [6.07, 6.45) is 9.63. The van der Waals surface area contributed by atoms with Crippen LogP contribution in [0.5, 0.6) is 5.75 Å². The molecule has 2 aromatic rings. The van der Waals surface area contributed by atoms with E-state index in [1.807, 2.05) is 36.4 Å². The molecule has 0 aromatic heterocycles. The molecule has 2 aromatic carbocycles. The fourth-order valence-corrected chi connectivity index (χ4v) is 3.37. The summed E-state index contributed by atoms with van der Waals surface area (Å²) < 4.78 is 0. The van der Waals surface area contributed by atoms with Crippen molar-refractivity contribution in [2.45, 2.75) is 58.3 Å². The number of aryl methyl sites for hydroxylation is 1. The minimum absolute atomic E-state index is 0.0494. The van der Waals surface area contributed by atoms with E-state index in [1.54, 1.807) is 6.07 Å². The molecule has 4 heteroatoms. The zero-order valence-electron chi connectivity index (χ0n) is 15.4. The third-order valence-corrected chi connectivity index (χ3v) is 4.88. The molecule has 0 heterocycles. The number of oxime groups is 1. The lowest BCUT2D eigenvalue weighted by atomic mass is 9.97. The van der Waals surface area contributed by atoms with Gasteiger partial charge in [-0.15, -0.1) is 0 Å². The number of rotatable bonds is 10. The van der Waals surface area contributed by atoms with E-state index in [0.29, 0.717) is 11.3 Å². The number of hydrogen-bond acceptors (Lipinski definition) is 3. The summed E-state index contributed by atoms with van der Waals surface area (Å²) in [5, 5.41) is 23.5. The van der Waals surface area contributed by atoms with Crippen molar-refractivity contribution in [3.63, 3.8) is 0 Å². The lowest BCUT2D eigenvalue weighted by Crippen LogP contribution is -2.05. The van der Waals surface area contributed by atoms with E-state index >= 15 is 0 Å². The Morgan fingerprint density at radius 1 is 0.962 bits per heavy atom. The van der Waals surface area contributed by atoms with E-state index in [-0.39, 0.29) is 10.8 Å². The summed E-state index contributed by atoms with van der Waals surface area (Å²) in [4.78, 5) is 0. The molecule has 0 saturated heterocycles. The molecule has 0 aliphatic carbocycles. The van der Waals surface area contributed by atoms with Crippen LogP contribution in [-0.4, -0.2) is 16.0 Å². The molecule has 26 heavy (non-hydrogen) atoms. The Kier molecular flexibility index (Phi) is 8.49. The monoisotopic (exact) mass is 373 g/mol. The average Bonchev–Trinajstić information content (AvgIpc) is 2.66. The van der Waals surface area contributed by atoms with Crippen molar-refractivity contribution in [1.29, 1.82) is 0 Å². The molecule has 0 saturated carbocycles. The van der Waals surface area contributed by atoms with Gasteiger partial charge in [0.25, 0.3) is 0 Å².